The molecule has 0 aliphatic carbocycles. The van der Waals surface area contributed by atoms with Crippen LogP contribution in [0.5, 0.6) is 0 Å². The van der Waals surface area contributed by atoms with Crippen LogP contribution in [-0.4, -0.2) is 29.0 Å². The van der Waals surface area contributed by atoms with Gasteiger partial charge in [-0.2, -0.15) is 0 Å². The van der Waals surface area contributed by atoms with Crippen LogP contribution in [0.15, 0.2) is 16.7 Å². The lowest BCUT2D eigenvalue weighted by molar-refractivity contribution is -0.384. The summed E-state index contributed by atoms with van der Waals surface area (Å²) < 4.78 is 5.08. The standard InChI is InChI=1S/C10H12BrN3O4/c1-3-7(10(15)18-2)13-9-8(14(16)17)4-6(11)5-12-9/h4-5,7H,3H2,1-2H3,(H,12,13). The molecule has 1 rings (SSSR count). The number of anilines is 1. The summed E-state index contributed by atoms with van der Waals surface area (Å²) in [6, 6.07) is 0.654. The second-order valence-corrected chi connectivity index (χ2v) is 4.32. The molecule has 98 valence electrons. The topological polar surface area (TPSA) is 94.4 Å². The zero-order valence-electron chi connectivity index (χ0n) is 9.84. The lowest BCUT2D eigenvalue weighted by Gasteiger charge is -2.14. The molecule has 0 spiro atoms. The molecule has 0 aliphatic heterocycles. The van der Waals surface area contributed by atoms with Crippen LogP contribution in [0.1, 0.15) is 13.3 Å². The number of hydrogen-bond acceptors (Lipinski definition) is 6. The number of methoxy groups -OCH3 is 1. The molecule has 0 saturated carbocycles. The van der Waals surface area contributed by atoms with Gasteiger partial charge in [0, 0.05) is 16.7 Å². The van der Waals surface area contributed by atoms with Crippen molar-refractivity contribution in [2.45, 2.75) is 19.4 Å². The number of carbonyl (C=O) groups is 1. The first kappa shape index (κ1) is 14.4. The predicted molar refractivity (Wildman–Crippen MR) is 68.3 cm³/mol. The highest BCUT2D eigenvalue weighted by Crippen LogP contribution is 2.26. The SMILES string of the molecule is CCC(Nc1ncc(Br)cc1[N+](=O)[O-])C(=O)OC. The summed E-state index contributed by atoms with van der Waals surface area (Å²) in [7, 11) is 1.26. The van der Waals surface area contributed by atoms with E-state index in [1.807, 2.05) is 0 Å². The molecule has 1 N–H and O–H groups in total. The number of halogens is 1. The van der Waals surface area contributed by atoms with E-state index in [1.54, 1.807) is 6.92 Å². The number of aromatic nitrogens is 1. The number of rotatable bonds is 5. The highest BCUT2D eigenvalue weighted by Gasteiger charge is 2.23. The molecular weight excluding hydrogens is 306 g/mol. The molecular formula is C10H12BrN3O4. The first-order valence-electron chi connectivity index (χ1n) is 5.13. The number of carbonyl (C=O) groups excluding carboxylic acids is 1. The van der Waals surface area contributed by atoms with Crippen LogP contribution in [0.4, 0.5) is 11.5 Å². The Labute approximate surface area is 112 Å². The Kier molecular flexibility index (Phi) is 5.02. The summed E-state index contributed by atoms with van der Waals surface area (Å²) >= 11 is 3.10. The quantitative estimate of drug-likeness (QED) is 0.508. The molecule has 0 fully saturated rings. The molecule has 1 aromatic rings. The fourth-order valence-electron chi connectivity index (χ4n) is 1.31. The van der Waals surface area contributed by atoms with E-state index in [2.05, 4.69) is 31.0 Å². The Morgan fingerprint density at radius 3 is 2.89 bits per heavy atom. The van der Waals surface area contributed by atoms with E-state index < -0.39 is 16.9 Å². The number of nitrogens with zero attached hydrogens (tertiary/aromatic N) is 2. The van der Waals surface area contributed by atoms with E-state index in [1.165, 1.54) is 19.4 Å². The Balaban J connectivity index is 3.02. The molecule has 0 amide bonds. The van der Waals surface area contributed by atoms with Gasteiger partial charge >= 0.3 is 11.7 Å². The summed E-state index contributed by atoms with van der Waals surface area (Å²) in [5, 5.41) is 13.6. The number of esters is 1. The average molecular weight is 318 g/mol. The fraction of sp³-hybridized carbons (Fsp3) is 0.400. The Morgan fingerprint density at radius 1 is 1.72 bits per heavy atom. The second-order valence-electron chi connectivity index (χ2n) is 3.41. The van der Waals surface area contributed by atoms with Crippen molar-refractivity contribution in [3.05, 3.63) is 26.9 Å². The summed E-state index contributed by atoms with van der Waals surface area (Å²) in [4.78, 5) is 25.6. The maximum absolute atomic E-state index is 11.4. The largest absolute Gasteiger partial charge is 0.467 e. The first-order valence-corrected chi connectivity index (χ1v) is 5.93. The summed E-state index contributed by atoms with van der Waals surface area (Å²) in [6.07, 6.45) is 1.85. The monoisotopic (exact) mass is 317 g/mol. The maximum Gasteiger partial charge on any atom is 0.328 e. The zero-order chi connectivity index (χ0) is 13.7. The molecule has 7 nitrogen and oxygen atoms in total. The highest BCUT2D eigenvalue weighted by molar-refractivity contribution is 9.10. The highest BCUT2D eigenvalue weighted by atomic mass is 79.9. The molecule has 8 heteroatoms. The molecule has 0 aromatic carbocycles. The molecule has 0 aliphatic rings. The van der Waals surface area contributed by atoms with Crippen molar-refractivity contribution in [1.82, 2.24) is 4.98 Å². The molecule has 1 unspecified atom stereocenters. The first-order chi connectivity index (χ1) is 8.49. The molecule has 0 bridgehead atoms. The van der Waals surface area contributed by atoms with E-state index in [0.717, 1.165) is 0 Å². The fourth-order valence-corrected chi connectivity index (χ4v) is 1.63. The van der Waals surface area contributed by atoms with Gasteiger partial charge < -0.3 is 10.1 Å². The van der Waals surface area contributed by atoms with E-state index in [0.29, 0.717) is 10.9 Å². The lowest BCUT2D eigenvalue weighted by Crippen LogP contribution is -2.30. The predicted octanol–water partition coefficient (Wildman–Crippen LogP) is 2.12. The van der Waals surface area contributed by atoms with E-state index in [4.69, 9.17) is 0 Å². The van der Waals surface area contributed by atoms with Gasteiger partial charge in [-0.05, 0) is 22.4 Å². The Morgan fingerprint density at radius 2 is 2.39 bits per heavy atom. The van der Waals surface area contributed by atoms with Gasteiger partial charge in [0.1, 0.15) is 6.04 Å². The van der Waals surface area contributed by atoms with Crippen molar-refractivity contribution in [1.29, 1.82) is 0 Å². The second kappa shape index (κ2) is 6.29. The summed E-state index contributed by atoms with van der Waals surface area (Å²) in [5.41, 5.74) is -0.202. The Hall–Kier alpha value is -1.70. The van der Waals surface area contributed by atoms with Gasteiger partial charge in [-0.1, -0.05) is 6.92 Å². The number of pyridine rings is 1. The number of hydrogen-bond donors (Lipinski definition) is 1. The van der Waals surface area contributed by atoms with E-state index in [9.17, 15) is 14.9 Å². The number of nitrogens with one attached hydrogen (secondary N) is 1. The maximum atomic E-state index is 11.4. The lowest BCUT2D eigenvalue weighted by atomic mass is 10.2. The van der Waals surface area contributed by atoms with Gasteiger partial charge in [-0.3, -0.25) is 10.1 Å². The normalized spacial score (nSPS) is 11.7. The molecule has 1 aromatic heterocycles. The molecule has 18 heavy (non-hydrogen) atoms. The van der Waals surface area contributed by atoms with Crippen molar-refractivity contribution >= 4 is 33.4 Å². The van der Waals surface area contributed by atoms with Crippen molar-refractivity contribution in [3.8, 4) is 0 Å². The third-order valence-electron chi connectivity index (χ3n) is 2.24. The van der Waals surface area contributed by atoms with Crippen molar-refractivity contribution in [2.24, 2.45) is 0 Å². The van der Waals surface area contributed by atoms with Gasteiger partial charge in [0.05, 0.1) is 12.0 Å². The van der Waals surface area contributed by atoms with Crippen molar-refractivity contribution in [3.63, 3.8) is 0 Å². The third kappa shape index (κ3) is 3.39. The van der Waals surface area contributed by atoms with E-state index >= 15 is 0 Å². The molecule has 0 radical (unpaired) electrons. The van der Waals surface area contributed by atoms with Crippen LogP contribution >= 0.6 is 15.9 Å². The van der Waals surface area contributed by atoms with Crippen molar-refractivity contribution < 1.29 is 14.5 Å². The van der Waals surface area contributed by atoms with Gasteiger partial charge in [-0.25, -0.2) is 9.78 Å². The number of nitro groups is 1. The average Bonchev–Trinajstić information content (AvgIpc) is 2.36. The minimum Gasteiger partial charge on any atom is -0.467 e. The van der Waals surface area contributed by atoms with Crippen LogP contribution in [-0.2, 0) is 9.53 Å². The summed E-state index contributed by atoms with van der Waals surface area (Å²) in [6.45, 7) is 1.76. The van der Waals surface area contributed by atoms with Gasteiger partial charge in [0.25, 0.3) is 0 Å². The zero-order valence-corrected chi connectivity index (χ0v) is 11.4. The smallest absolute Gasteiger partial charge is 0.328 e. The van der Waals surface area contributed by atoms with E-state index in [-0.39, 0.29) is 11.5 Å². The van der Waals surface area contributed by atoms with Gasteiger partial charge in [0.2, 0.25) is 5.82 Å². The van der Waals surface area contributed by atoms with Crippen LogP contribution < -0.4 is 5.32 Å². The van der Waals surface area contributed by atoms with Crippen LogP contribution in [0.25, 0.3) is 0 Å². The number of ether oxygens (including phenoxy) is 1. The summed E-state index contributed by atoms with van der Waals surface area (Å²) in [5.74, 6) is -0.447. The molecule has 1 atom stereocenters. The van der Waals surface area contributed by atoms with Crippen LogP contribution in [0.3, 0.4) is 0 Å². The third-order valence-corrected chi connectivity index (χ3v) is 2.67. The molecule has 1 heterocycles. The molecule has 0 saturated heterocycles. The van der Waals surface area contributed by atoms with Crippen LogP contribution in [0.2, 0.25) is 0 Å². The van der Waals surface area contributed by atoms with Crippen LogP contribution in [0, 0.1) is 10.1 Å². The van der Waals surface area contributed by atoms with Gasteiger partial charge in [-0.15, -0.1) is 0 Å². The van der Waals surface area contributed by atoms with Gasteiger partial charge in [0.15, 0.2) is 0 Å². The minimum absolute atomic E-state index is 0.0421. The minimum atomic E-state index is -0.664. The Bertz CT molecular complexity index is 466. The van der Waals surface area contributed by atoms with Crippen molar-refractivity contribution in [2.75, 3.05) is 12.4 Å².